The molecule has 0 saturated heterocycles. The lowest BCUT2D eigenvalue weighted by Gasteiger charge is -2.12. The smallest absolute Gasteiger partial charge is 0.269 e. The van der Waals surface area contributed by atoms with Crippen molar-refractivity contribution in [3.05, 3.63) is 92.3 Å². The molecule has 2 amide bonds. The number of non-ortho nitro benzene ring substituents is 1. The summed E-state index contributed by atoms with van der Waals surface area (Å²) < 4.78 is 0. The summed E-state index contributed by atoms with van der Waals surface area (Å²) in [4.78, 5) is 44.1. The maximum absolute atomic E-state index is 12.4. The molecule has 0 saturated carbocycles. The first-order valence-electron chi connectivity index (χ1n) is 10.7. The molecule has 2 aromatic heterocycles. The molecular weight excluding hydrogens is 482 g/mol. The molecule has 182 valence electrons. The Morgan fingerprint density at radius 1 is 0.944 bits per heavy atom. The van der Waals surface area contributed by atoms with Crippen LogP contribution >= 0.6 is 11.3 Å². The number of nitrogens with one attached hydrogen (secondary N) is 4. The van der Waals surface area contributed by atoms with Crippen molar-refractivity contribution >= 4 is 57.7 Å². The molecule has 36 heavy (non-hydrogen) atoms. The number of thiophene rings is 1. The Balaban J connectivity index is 1.42. The van der Waals surface area contributed by atoms with E-state index in [9.17, 15) is 19.7 Å². The first-order chi connectivity index (χ1) is 17.3. The van der Waals surface area contributed by atoms with E-state index in [2.05, 4.69) is 31.2 Å². The van der Waals surface area contributed by atoms with Gasteiger partial charge in [-0.15, -0.1) is 11.3 Å². The average Bonchev–Trinajstić information content (AvgIpc) is 3.35. The molecule has 0 aliphatic rings. The van der Waals surface area contributed by atoms with Crippen molar-refractivity contribution in [2.75, 3.05) is 23.0 Å². The Labute approximate surface area is 209 Å². The number of nitro benzene ring substituents is 1. The number of carbonyl (C=O) groups excluding carboxylic acids is 2. The molecule has 2 heterocycles. The zero-order valence-corrected chi connectivity index (χ0v) is 20.1. The minimum Gasteiger partial charge on any atom is -0.354 e. The van der Waals surface area contributed by atoms with E-state index in [-0.39, 0.29) is 17.5 Å². The van der Waals surface area contributed by atoms with Gasteiger partial charge in [-0.25, -0.2) is 4.98 Å². The molecule has 0 aliphatic carbocycles. The summed E-state index contributed by atoms with van der Waals surface area (Å²) in [6.07, 6.45) is 1.67. The van der Waals surface area contributed by atoms with Crippen LogP contribution in [0.25, 0.3) is 0 Å². The van der Waals surface area contributed by atoms with E-state index in [1.165, 1.54) is 35.6 Å². The number of nitrogens with zero attached hydrogens (tertiary/aromatic N) is 3. The summed E-state index contributed by atoms with van der Waals surface area (Å²) in [5.74, 6) is 0.344. The molecule has 0 fully saturated rings. The second kappa shape index (κ2) is 10.6. The fraction of sp³-hybridized carbons (Fsp3) is 0.0833. The second-order valence-corrected chi connectivity index (χ2v) is 8.47. The van der Waals surface area contributed by atoms with Crippen LogP contribution in [0.3, 0.4) is 0 Å². The normalized spacial score (nSPS) is 10.4. The fourth-order valence-electron chi connectivity index (χ4n) is 3.16. The number of rotatable bonds is 8. The quantitative estimate of drug-likeness (QED) is 0.197. The zero-order valence-electron chi connectivity index (χ0n) is 19.2. The van der Waals surface area contributed by atoms with Crippen LogP contribution in [-0.4, -0.2) is 33.8 Å². The third-order valence-corrected chi connectivity index (χ3v) is 5.98. The largest absolute Gasteiger partial charge is 0.354 e. The standard InChI is InChI=1S/C24H21N7O4S/c1-14-13-26-24(30-21(14)29-19-11-12-36-20(19)23(33)25-2)28-17-7-5-16(6-8-17)27-22(32)15-3-9-18(10-4-15)31(34)35/h3-13H,1-2H3,(H,25,33)(H,27,32)(H2,26,28,29,30). The summed E-state index contributed by atoms with van der Waals surface area (Å²) >= 11 is 1.33. The van der Waals surface area contributed by atoms with Gasteiger partial charge in [-0.05, 0) is 54.8 Å². The maximum Gasteiger partial charge on any atom is 0.269 e. The van der Waals surface area contributed by atoms with Crippen molar-refractivity contribution in [1.82, 2.24) is 15.3 Å². The van der Waals surface area contributed by atoms with E-state index in [1.54, 1.807) is 37.5 Å². The lowest BCUT2D eigenvalue weighted by Crippen LogP contribution is -2.17. The summed E-state index contributed by atoms with van der Waals surface area (Å²) in [6, 6.07) is 14.1. The Morgan fingerprint density at radius 2 is 1.64 bits per heavy atom. The van der Waals surface area contributed by atoms with Crippen LogP contribution in [0.4, 0.5) is 34.5 Å². The van der Waals surface area contributed by atoms with Crippen molar-refractivity contribution in [1.29, 1.82) is 0 Å². The SMILES string of the molecule is CNC(=O)c1sccc1Nc1nc(Nc2ccc(NC(=O)c3ccc([N+](=O)[O-])cc3)cc2)ncc1C. The molecule has 0 spiro atoms. The Hall–Kier alpha value is -4.84. The number of aryl methyl sites for hydroxylation is 1. The van der Waals surface area contributed by atoms with Gasteiger partial charge in [0, 0.05) is 47.9 Å². The van der Waals surface area contributed by atoms with Crippen molar-refractivity contribution in [3.63, 3.8) is 0 Å². The van der Waals surface area contributed by atoms with E-state index in [1.807, 2.05) is 18.4 Å². The highest BCUT2D eigenvalue weighted by Gasteiger charge is 2.14. The molecule has 12 heteroatoms. The first kappa shape index (κ1) is 24.3. The number of benzene rings is 2. The van der Waals surface area contributed by atoms with Crippen LogP contribution in [0.15, 0.2) is 66.2 Å². The highest BCUT2D eigenvalue weighted by atomic mass is 32.1. The predicted octanol–water partition coefficient (Wildman–Crippen LogP) is 4.85. The number of hydrogen-bond acceptors (Lipinski definition) is 9. The maximum atomic E-state index is 12.4. The monoisotopic (exact) mass is 503 g/mol. The van der Waals surface area contributed by atoms with Crippen molar-refractivity contribution < 1.29 is 14.5 Å². The first-order valence-corrected chi connectivity index (χ1v) is 11.5. The number of nitro groups is 1. The Bertz CT molecular complexity index is 1420. The van der Waals surface area contributed by atoms with Gasteiger partial charge in [-0.3, -0.25) is 19.7 Å². The van der Waals surface area contributed by atoms with Crippen molar-refractivity contribution in [2.24, 2.45) is 0 Å². The van der Waals surface area contributed by atoms with E-state index in [0.717, 1.165) is 5.56 Å². The fourth-order valence-corrected chi connectivity index (χ4v) is 3.95. The summed E-state index contributed by atoms with van der Waals surface area (Å²) in [6.45, 7) is 1.86. The van der Waals surface area contributed by atoms with Crippen LogP contribution in [0.2, 0.25) is 0 Å². The third-order valence-electron chi connectivity index (χ3n) is 5.06. The van der Waals surface area contributed by atoms with Gasteiger partial charge in [0.1, 0.15) is 10.7 Å². The van der Waals surface area contributed by atoms with E-state index < -0.39 is 4.92 Å². The van der Waals surface area contributed by atoms with Gasteiger partial charge in [0.15, 0.2) is 0 Å². The van der Waals surface area contributed by atoms with E-state index >= 15 is 0 Å². The highest BCUT2D eigenvalue weighted by molar-refractivity contribution is 7.12. The number of anilines is 5. The van der Waals surface area contributed by atoms with E-state index in [0.29, 0.717) is 39.3 Å². The Morgan fingerprint density at radius 3 is 2.31 bits per heavy atom. The van der Waals surface area contributed by atoms with Gasteiger partial charge in [-0.2, -0.15) is 4.98 Å². The molecule has 0 atom stereocenters. The lowest BCUT2D eigenvalue weighted by atomic mass is 10.2. The second-order valence-electron chi connectivity index (χ2n) is 7.55. The number of hydrogen-bond donors (Lipinski definition) is 4. The van der Waals surface area contributed by atoms with Gasteiger partial charge < -0.3 is 21.3 Å². The molecule has 0 bridgehead atoms. The van der Waals surface area contributed by atoms with Gasteiger partial charge in [0.05, 0.1) is 10.6 Å². The number of amides is 2. The molecule has 4 aromatic rings. The van der Waals surface area contributed by atoms with Crippen LogP contribution in [0.5, 0.6) is 0 Å². The predicted molar refractivity (Wildman–Crippen MR) is 139 cm³/mol. The lowest BCUT2D eigenvalue weighted by molar-refractivity contribution is -0.384. The zero-order chi connectivity index (χ0) is 25.7. The molecular formula is C24H21N7O4S. The molecule has 0 aliphatic heterocycles. The van der Waals surface area contributed by atoms with Crippen LogP contribution in [0, 0.1) is 17.0 Å². The van der Waals surface area contributed by atoms with Crippen LogP contribution < -0.4 is 21.3 Å². The molecule has 0 unspecified atom stereocenters. The summed E-state index contributed by atoms with van der Waals surface area (Å²) in [7, 11) is 1.58. The summed E-state index contributed by atoms with van der Waals surface area (Å²) in [5.41, 5.74) is 2.93. The third kappa shape index (κ3) is 5.62. The average molecular weight is 504 g/mol. The Kier molecular flexibility index (Phi) is 7.16. The van der Waals surface area contributed by atoms with E-state index in [4.69, 9.17) is 0 Å². The van der Waals surface area contributed by atoms with Gasteiger partial charge >= 0.3 is 0 Å². The highest BCUT2D eigenvalue weighted by Crippen LogP contribution is 2.27. The molecule has 0 radical (unpaired) electrons. The number of carbonyl (C=O) groups is 2. The van der Waals surface area contributed by atoms with Gasteiger partial charge in [-0.1, -0.05) is 0 Å². The van der Waals surface area contributed by atoms with Crippen LogP contribution in [0.1, 0.15) is 25.6 Å². The molecule has 2 aromatic carbocycles. The van der Waals surface area contributed by atoms with Gasteiger partial charge in [0.25, 0.3) is 17.5 Å². The topological polar surface area (TPSA) is 151 Å². The minimum absolute atomic E-state index is 0.0825. The van der Waals surface area contributed by atoms with Crippen molar-refractivity contribution in [3.8, 4) is 0 Å². The minimum atomic E-state index is -0.519. The molecule has 4 N–H and O–H groups in total. The van der Waals surface area contributed by atoms with Crippen LogP contribution in [-0.2, 0) is 0 Å². The van der Waals surface area contributed by atoms with Crippen molar-refractivity contribution in [2.45, 2.75) is 6.92 Å². The molecule has 11 nitrogen and oxygen atoms in total. The summed E-state index contributed by atoms with van der Waals surface area (Å²) in [5, 5.41) is 24.3. The molecule has 4 rings (SSSR count). The number of aromatic nitrogens is 2. The van der Waals surface area contributed by atoms with Gasteiger partial charge in [0.2, 0.25) is 5.95 Å².